The molecule has 0 amide bonds. The normalized spacial score (nSPS) is 14.4. The van der Waals surface area contributed by atoms with Gasteiger partial charge in [-0.1, -0.05) is 42.5 Å². The summed E-state index contributed by atoms with van der Waals surface area (Å²) in [6.45, 7) is 0.346. The first kappa shape index (κ1) is 15.4. The van der Waals surface area contributed by atoms with Crippen LogP contribution in [0.25, 0.3) is 11.1 Å². The number of rotatable bonds is 4. The summed E-state index contributed by atoms with van der Waals surface area (Å²) in [7, 11) is 4.13. The highest BCUT2D eigenvalue weighted by molar-refractivity contribution is 7.76. The highest BCUT2D eigenvalue weighted by Gasteiger charge is 2.29. The van der Waals surface area contributed by atoms with Gasteiger partial charge in [-0.25, -0.2) is 0 Å². The average molecular weight is 314 g/mol. The van der Waals surface area contributed by atoms with Crippen LogP contribution in [-0.4, -0.2) is 42.6 Å². The molecule has 2 aromatic carbocycles. The van der Waals surface area contributed by atoms with Crippen molar-refractivity contribution in [1.82, 2.24) is 0 Å². The maximum atomic E-state index is 12.4. The van der Waals surface area contributed by atoms with E-state index in [1.807, 2.05) is 45.4 Å². The fourth-order valence-electron chi connectivity index (χ4n) is 2.95. The highest BCUT2D eigenvalue weighted by atomic mass is 31.1. The van der Waals surface area contributed by atoms with Gasteiger partial charge in [-0.05, 0) is 28.7 Å². The molecule has 22 heavy (non-hydrogen) atoms. The summed E-state index contributed by atoms with van der Waals surface area (Å²) in [6, 6.07) is 14.2. The maximum Gasteiger partial charge on any atom is 0.239 e. The van der Waals surface area contributed by atoms with Crippen molar-refractivity contribution in [2.75, 3.05) is 27.7 Å². The Balaban J connectivity index is 1.96. The molecule has 4 heteroatoms. The molecule has 0 spiro atoms. The minimum Gasteiger partial charge on any atom is -0.362 e. The number of benzene rings is 2. The monoisotopic (exact) mass is 314 g/mol. The molecule has 0 fully saturated rings. The van der Waals surface area contributed by atoms with Crippen LogP contribution >= 0.6 is 8.15 Å². The third-order valence-corrected chi connectivity index (χ3v) is 5.39. The third-order valence-electron chi connectivity index (χ3n) is 3.90. The molecule has 1 aliphatic carbocycles. The van der Waals surface area contributed by atoms with Gasteiger partial charge in [0.1, 0.15) is 14.7 Å². The van der Waals surface area contributed by atoms with Crippen molar-refractivity contribution < 1.29 is 14.2 Å². The molecule has 0 bridgehead atoms. The molecule has 0 aromatic heterocycles. The van der Waals surface area contributed by atoms with Crippen LogP contribution in [0.3, 0.4) is 0 Å². The highest BCUT2D eigenvalue weighted by Crippen LogP contribution is 2.41. The summed E-state index contributed by atoms with van der Waals surface area (Å²) in [4.78, 5) is 23.0. The fourth-order valence-corrected chi connectivity index (χ4v) is 4.46. The second-order valence-corrected chi connectivity index (χ2v) is 8.40. The lowest BCUT2D eigenvalue weighted by Crippen LogP contribution is -2.39. The SMILES string of the molecule is C[N+](C)(C)CC(=O)P(O)c1cccc2c1Cc1ccccc1-2. The minimum absolute atomic E-state index is 0.0631. The van der Waals surface area contributed by atoms with Gasteiger partial charge in [0, 0.05) is 5.30 Å². The number of carbonyl (C=O) groups is 1. The molecule has 0 saturated carbocycles. The first-order chi connectivity index (χ1) is 10.4. The third kappa shape index (κ3) is 2.85. The van der Waals surface area contributed by atoms with Crippen molar-refractivity contribution in [2.24, 2.45) is 0 Å². The van der Waals surface area contributed by atoms with Gasteiger partial charge in [-0.3, -0.25) is 4.79 Å². The van der Waals surface area contributed by atoms with E-state index in [0.717, 1.165) is 22.9 Å². The summed E-state index contributed by atoms with van der Waals surface area (Å²) in [5, 5.41) is 0.821. The summed E-state index contributed by atoms with van der Waals surface area (Å²) < 4.78 is 0.535. The number of hydrogen-bond acceptors (Lipinski definition) is 2. The molecule has 114 valence electrons. The number of fused-ring (bicyclic) bond motifs is 3. The lowest BCUT2D eigenvalue weighted by atomic mass is 10.1. The molecule has 1 N–H and O–H groups in total. The molecule has 1 unspecified atom stereocenters. The Morgan fingerprint density at radius 1 is 1.09 bits per heavy atom. The van der Waals surface area contributed by atoms with E-state index in [1.165, 1.54) is 11.1 Å². The van der Waals surface area contributed by atoms with Crippen molar-refractivity contribution in [3.63, 3.8) is 0 Å². The lowest BCUT2D eigenvalue weighted by Gasteiger charge is -2.24. The van der Waals surface area contributed by atoms with Crippen LogP contribution in [0.5, 0.6) is 0 Å². The van der Waals surface area contributed by atoms with Crippen LogP contribution in [0.4, 0.5) is 0 Å². The Labute approximate surface area is 132 Å². The van der Waals surface area contributed by atoms with E-state index in [2.05, 4.69) is 18.2 Å². The zero-order valence-corrected chi connectivity index (χ0v) is 14.1. The van der Waals surface area contributed by atoms with Crippen LogP contribution in [0.1, 0.15) is 11.1 Å². The zero-order chi connectivity index (χ0) is 15.9. The fraction of sp³-hybridized carbons (Fsp3) is 0.278. The summed E-state index contributed by atoms with van der Waals surface area (Å²) >= 11 is 0. The van der Waals surface area contributed by atoms with Crippen molar-refractivity contribution in [3.05, 3.63) is 53.6 Å². The van der Waals surface area contributed by atoms with Gasteiger partial charge < -0.3 is 9.38 Å². The van der Waals surface area contributed by atoms with Crippen LogP contribution in [0.15, 0.2) is 42.5 Å². The quantitative estimate of drug-likeness (QED) is 0.593. The molecular formula is C18H21NO2P+. The number of nitrogens with zero attached hydrogens (tertiary/aromatic N) is 1. The molecule has 1 atom stereocenters. The predicted octanol–water partition coefficient (Wildman–Crippen LogP) is 2.51. The second-order valence-electron chi connectivity index (χ2n) is 6.79. The van der Waals surface area contributed by atoms with Gasteiger partial charge in [0.25, 0.3) is 0 Å². The van der Waals surface area contributed by atoms with Gasteiger partial charge in [-0.2, -0.15) is 0 Å². The molecule has 2 aromatic rings. The largest absolute Gasteiger partial charge is 0.362 e. The van der Waals surface area contributed by atoms with Crippen molar-refractivity contribution in [1.29, 1.82) is 0 Å². The number of carbonyl (C=O) groups excluding carboxylic acids is 1. The van der Waals surface area contributed by atoms with E-state index in [9.17, 15) is 9.69 Å². The maximum absolute atomic E-state index is 12.4. The van der Waals surface area contributed by atoms with Crippen molar-refractivity contribution in [3.8, 4) is 11.1 Å². The number of hydrogen-bond donors (Lipinski definition) is 1. The summed E-state index contributed by atoms with van der Waals surface area (Å²) in [5.41, 5.74) is 4.71. The van der Waals surface area contributed by atoms with E-state index in [-0.39, 0.29) is 5.52 Å². The Morgan fingerprint density at radius 2 is 1.77 bits per heavy atom. The summed E-state index contributed by atoms with van der Waals surface area (Å²) in [6.07, 6.45) is 0.804. The van der Waals surface area contributed by atoms with Crippen LogP contribution < -0.4 is 5.30 Å². The molecule has 0 saturated heterocycles. The number of quaternary nitrogens is 1. The standard InChI is InChI=1S/C18H21NO2P/c1-19(2,3)12-18(20)22(21)17-10-6-9-15-14-8-5-4-7-13(14)11-16(15)17/h4-10,21H,11-12H2,1-3H3/q+1. The van der Waals surface area contributed by atoms with Crippen LogP contribution in [0.2, 0.25) is 0 Å². The Kier molecular flexibility index (Phi) is 3.90. The lowest BCUT2D eigenvalue weighted by molar-refractivity contribution is -0.861. The predicted molar refractivity (Wildman–Crippen MR) is 91.4 cm³/mol. The molecule has 0 aliphatic heterocycles. The molecular weight excluding hydrogens is 293 g/mol. The van der Waals surface area contributed by atoms with Gasteiger partial charge in [0.05, 0.1) is 21.1 Å². The first-order valence-electron chi connectivity index (χ1n) is 7.39. The Bertz CT molecular complexity index is 734. The number of likely N-dealkylation sites (N-methyl/N-ethyl adjacent to an activating group) is 1. The smallest absolute Gasteiger partial charge is 0.239 e. The topological polar surface area (TPSA) is 37.3 Å². The average Bonchev–Trinajstić information content (AvgIpc) is 2.83. The molecule has 3 rings (SSSR count). The second kappa shape index (κ2) is 5.58. The molecule has 0 radical (unpaired) electrons. The van der Waals surface area contributed by atoms with Gasteiger partial charge in [-0.15, -0.1) is 0 Å². The molecule has 3 nitrogen and oxygen atoms in total. The van der Waals surface area contributed by atoms with E-state index in [4.69, 9.17) is 0 Å². The molecule has 0 heterocycles. The summed E-state index contributed by atoms with van der Waals surface area (Å²) in [5.74, 6) is 0. The van der Waals surface area contributed by atoms with E-state index >= 15 is 0 Å². The van der Waals surface area contributed by atoms with Crippen molar-refractivity contribution in [2.45, 2.75) is 6.42 Å². The Morgan fingerprint density at radius 3 is 2.50 bits per heavy atom. The van der Waals surface area contributed by atoms with E-state index < -0.39 is 8.15 Å². The minimum atomic E-state index is -1.76. The Hall–Kier alpha value is -1.54. The van der Waals surface area contributed by atoms with E-state index in [1.54, 1.807) is 0 Å². The van der Waals surface area contributed by atoms with Crippen LogP contribution in [0, 0.1) is 0 Å². The van der Waals surface area contributed by atoms with Crippen molar-refractivity contribution >= 4 is 19.0 Å². The van der Waals surface area contributed by atoms with Gasteiger partial charge in [0.2, 0.25) is 5.52 Å². The molecule has 1 aliphatic rings. The van der Waals surface area contributed by atoms with Gasteiger partial charge >= 0.3 is 0 Å². The first-order valence-corrected chi connectivity index (χ1v) is 8.69. The van der Waals surface area contributed by atoms with Crippen LogP contribution in [-0.2, 0) is 11.2 Å². The zero-order valence-electron chi connectivity index (χ0n) is 13.2. The van der Waals surface area contributed by atoms with E-state index in [0.29, 0.717) is 11.0 Å². The van der Waals surface area contributed by atoms with Gasteiger partial charge in [0.15, 0.2) is 0 Å².